The fraction of sp³-hybridized carbons (Fsp3) is 1.00. The van der Waals surface area contributed by atoms with E-state index in [1.54, 1.807) is 0 Å². The van der Waals surface area contributed by atoms with Gasteiger partial charge in [-0.2, -0.15) is 0 Å². The van der Waals surface area contributed by atoms with Crippen LogP contribution in [0.1, 0.15) is 85.5 Å². The lowest BCUT2D eigenvalue weighted by molar-refractivity contribution is -0.124. The van der Waals surface area contributed by atoms with Gasteiger partial charge < -0.3 is 20.4 Å². The van der Waals surface area contributed by atoms with Crippen molar-refractivity contribution in [1.29, 1.82) is 0 Å². The highest BCUT2D eigenvalue weighted by atomic mass is 16.3. The molecule has 3 saturated carbocycles. The highest BCUT2D eigenvalue weighted by Crippen LogP contribution is 2.61. The van der Waals surface area contributed by atoms with Crippen molar-refractivity contribution in [2.24, 2.45) is 40.4 Å². The predicted molar refractivity (Wildman–Crippen MR) is 112 cm³/mol. The van der Waals surface area contributed by atoms with Crippen LogP contribution < -0.4 is 0 Å². The Kier molecular flexibility index (Phi) is 6.86. The Morgan fingerprint density at radius 2 is 1.75 bits per heavy atom. The summed E-state index contributed by atoms with van der Waals surface area (Å²) >= 11 is 0. The van der Waals surface area contributed by atoms with Crippen LogP contribution in [0.5, 0.6) is 0 Å². The fourth-order valence-electron chi connectivity index (χ4n) is 7.70. The first kappa shape index (κ1) is 22.5. The standard InChI is InChI=1S/C24H44O4/c1-15(6-5-11-25)20-7-8-21(24(20,4)16(2)26)19-14-23(3)10-9-18(27)12-17(23)13-22(19)28/h15-22,25-28H,5-14H2,1-4H3/t15-,16+,17+,18-,19-,20-,21+,22-,23-,24-/m1/s1. The van der Waals surface area contributed by atoms with Gasteiger partial charge in [0, 0.05) is 6.61 Å². The van der Waals surface area contributed by atoms with Crippen LogP contribution in [0.25, 0.3) is 0 Å². The second-order valence-electron chi connectivity index (χ2n) is 11.1. The Morgan fingerprint density at radius 3 is 2.39 bits per heavy atom. The molecule has 3 aliphatic carbocycles. The van der Waals surface area contributed by atoms with E-state index in [0.29, 0.717) is 23.7 Å². The Hall–Kier alpha value is -0.160. The first-order chi connectivity index (χ1) is 13.1. The van der Waals surface area contributed by atoms with Gasteiger partial charge in [0.1, 0.15) is 0 Å². The van der Waals surface area contributed by atoms with E-state index in [1.807, 2.05) is 6.92 Å². The van der Waals surface area contributed by atoms with Crippen molar-refractivity contribution >= 4 is 0 Å². The van der Waals surface area contributed by atoms with Gasteiger partial charge in [-0.05, 0) is 105 Å². The third kappa shape index (κ3) is 3.91. The van der Waals surface area contributed by atoms with E-state index in [-0.39, 0.29) is 35.6 Å². The van der Waals surface area contributed by atoms with Gasteiger partial charge in [0.15, 0.2) is 0 Å². The van der Waals surface area contributed by atoms with Crippen LogP contribution in [0.4, 0.5) is 0 Å². The van der Waals surface area contributed by atoms with Crippen LogP contribution in [0.15, 0.2) is 0 Å². The minimum atomic E-state index is -0.396. The maximum atomic E-state index is 11.2. The van der Waals surface area contributed by atoms with Crippen molar-refractivity contribution in [3.8, 4) is 0 Å². The summed E-state index contributed by atoms with van der Waals surface area (Å²) in [5, 5.41) is 41.4. The zero-order valence-corrected chi connectivity index (χ0v) is 18.5. The molecule has 3 fully saturated rings. The summed E-state index contributed by atoms with van der Waals surface area (Å²) in [5.41, 5.74) is 0.0290. The number of aliphatic hydroxyl groups excluding tert-OH is 4. The lowest BCUT2D eigenvalue weighted by atomic mass is 9.52. The maximum Gasteiger partial charge on any atom is 0.0574 e. The average Bonchev–Trinajstić information content (AvgIpc) is 2.99. The first-order valence-electron chi connectivity index (χ1n) is 11.8. The molecule has 0 saturated heterocycles. The molecule has 0 radical (unpaired) electrons. The third-order valence-corrected chi connectivity index (χ3v) is 9.62. The normalized spacial score (nSPS) is 48.9. The highest BCUT2D eigenvalue weighted by molar-refractivity contribution is 5.07. The molecule has 0 unspecified atom stereocenters. The molecule has 4 N–H and O–H groups in total. The molecule has 0 amide bonds. The lowest BCUT2D eigenvalue weighted by Gasteiger charge is -2.55. The highest BCUT2D eigenvalue weighted by Gasteiger charge is 2.57. The summed E-state index contributed by atoms with van der Waals surface area (Å²) in [6.07, 6.45) is 7.70. The molecule has 3 rings (SSSR count). The van der Waals surface area contributed by atoms with E-state index in [4.69, 9.17) is 0 Å². The summed E-state index contributed by atoms with van der Waals surface area (Å²) in [5.74, 6) is 1.92. The van der Waals surface area contributed by atoms with E-state index in [9.17, 15) is 20.4 Å². The zero-order chi connectivity index (χ0) is 20.7. The largest absolute Gasteiger partial charge is 0.396 e. The molecule has 0 aromatic rings. The van der Waals surface area contributed by atoms with Crippen LogP contribution in [0.2, 0.25) is 0 Å². The van der Waals surface area contributed by atoms with Gasteiger partial charge in [0.05, 0.1) is 18.3 Å². The number of hydrogen-bond donors (Lipinski definition) is 4. The minimum Gasteiger partial charge on any atom is -0.396 e. The smallest absolute Gasteiger partial charge is 0.0574 e. The molecule has 0 heterocycles. The lowest BCUT2D eigenvalue weighted by Crippen LogP contribution is -2.52. The average molecular weight is 397 g/mol. The van der Waals surface area contributed by atoms with Crippen LogP contribution in [0.3, 0.4) is 0 Å². The molecule has 4 heteroatoms. The van der Waals surface area contributed by atoms with E-state index in [0.717, 1.165) is 57.8 Å². The van der Waals surface area contributed by atoms with Gasteiger partial charge in [-0.25, -0.2) is 0 Å². The van der Waals surface area contributed by atoms with Gasteiger partial charge >= 0.3 is 0 Å². The molecule has 0 bridgehead atoms. The first-order valence-corrected chi connectivity index (χ1v) is 11.8. The minimum absolute atomic E-state index is 0.183. The van der Waals surface area contributed by atoms with E-state index >= 15 is 0 Å². The fourth-order valence-corrected chi connectivity index (χ4v) is 7.70. The Balaban J connectivity index is 1.81. The predicted octanol–water partition coefficient (Wildman–Crippen LogP) is 3.75. The second-order valence-corrected chi connectivity index (χ2v) is 11.1. The SMILES string of the molecule is C[C@H](CCCO)[C@H]1CC[C@@H]([C@H]2C[C@@]3(C)CC[C@@H](O)C[C@H]3C[C@H]2O)[C@]1(C)[C@H](C)O. The molecule has 0 aromatic carbocycles. The Labute approximate surface area is 171 Å². The Bertz CT molecular complexity index is 523. The molecule has 0 spiro atoms. The van der Waals surface area contributed by atoms with E-state index in [2.05, 4.69) is 20.8 Å². The zero-order valence-electron chi connectivity index (χ0n) is 18.5. The molecule has 0 aliphatic heterocycles. The molecule has 0 aromatic heterocycles. The van der Waals surface area contributed by atoms with Gasteiger partial charge in [-0.3, -0.25) is 0 Å². The van der Waals surface area contributed by atoms with Crippen molar-refractivity contribution in [3.05, 3.63) is 0 Å². The quantitative estimate of drug-likeness (QED) is 0.551. The van der Waals surface area contributed by atoms with Crippen molar-refractivity contribution in [3.63, 3.8) is 0 Å². The number of rotatable bonds is 6. The number of hydrogen-bond acceptors (Lipinski definition) is 4. The second kappa shape index (κ2) is 8.53. The van der Waals surface area contributed by atoms with Crippen molar-refractivity contribution in [1.82, 2.24) is 0 Å². The third-order valence-electron chi connectivity index (χ3n) is 9.62. The molecule has 164 valence electrons. The topological polar surface area (TPSA) is 80.9 Å². The van der Waals surface area contributed by atoms with Crippen molar-refractivity contribution < 1.29 is 20.4 Å². The van der Waals surface area contributed by atoms with Crippen LogP contribution >= 0.6 is 0 Å². The molecular formula is C24H44O4. The summed E-state index contributed by atoms with van der Waals surface area (Å²) in [7, 11) is 0. The Morgan fingerprint density at radius 1 is 1.04 bits per heavy atom. The monoisotopic (exact) mass is 396 g/mol. The van der Waals surface area contributed by atoms with Crippen LogP contribution in [-0.2, 0) is 0 Å². The summed E-state index contributed by atoms with van der Waals surface area (Å²) in [6, 6.07) is 0. The van der Waals surface area contributed by atoms with Crippen LogP contribution in [0, 0.1) is 40.4 Å². The molecule has 3 aliphatic rings. The maximum absolute atomic E-state index is 11.2. The van der Waals surface area contributed by atoms with E-state index < -0.39 is 6.10 Å². The summed E-state index contributed by atoms with van der Waals surface area (Å²) < 4.78 is 0. The van der Waals surface area contributed by atoms with Gasteiger partial charge in [0.25, 0.3) is 0 Å². The van der Waals surface area contributed by atoms with Gasteiger partial charge in [-0.1, -0.05) is 20.8 Å². The van der Waals surface area contributed by atoms with Gasteiger partial charge in [-0.15, -0.1) is 0 Å². The van der Waals surface area contributed by atoms with Crippen LogP contribution in [-0.4, -0.2) is 45.3 Å². The van der Waals surface area contributed by atoms with Gasteiger partial charge in [0.2, 0.25) is 0 Å². The number of fused-ring (bicyclic) bond motifs is 1. The van der Waals surface area contributed by atoms with E-state index in [1.165, 1.54) is 0 Å². The summed E-state index contributed by atoms with van der Waals surface area (Å²) in [4.78, 5) is 0. The molecular weight excluding hydrogens is 352 g/mol. The molecule has 28 heavy (non-hydrogen) atoms. The van der Waals surface area contributed by atoms with Crippen molar-refractivity contribution in [2.75, 3.05) is 6.61 Å². The summed E-state index contributed by atoms with van der Waals surface area (Å²) in [6.45, 7) is 9.10. The van der Waals surface area contributed by atoms with Crippen molar-refractivity contribution in [2.45, 2.75) is 104 Å². The molecule has 4 nitrogen and oxygen atoms in total. The number of aliphatic hydroxyl groups is 4. The molecule has 10 atom stereocenters.